The second-order valence-corrected chi connectivity index (χ2v) is 7.43. The maximum Gasteiger partial charge on any atom is 0.573 e. The van der Waals surface area contributed by atoms with E-state index in [-0.39, 0.29) is 22.4 Å². The number of aromatic nitrogens is 2. The molecule has 0 spiro atoms. The fourth-order valence-corrected chi connectivity index (χ4v) is 3.82. The zero-order valence-corrected chi connectivity index (χ0v) is 17.1. The first kappa shape index (κ1) is 21.6. The van der Waals surface area contributed by atoms with Crippen molar-refractivity contribution in [2.24, 2.45) is 0 Å². The van der Waals surface area contributed by atoms with Crippen molar-refractivity contribution in [3.8, 4) is 17.1 Å². The Bertz CT molecular complexity index is 1570. The zero-order valence-electron chi connectivity index (χ0n) is 17.1. The minimum absolute atomic E-state index is 0.0133. The third kappa shape index (κ3) is 3.85. The first-order chi connectivity index (χ1) is 16.2. The van der Waals surface area contributed by atoms with Gasteiger partial charge in [0.1, 0.15) is 11.6 Å². The summed E-state index contributed by atoms with van der Waals surface area (Å²) in [4.78, 5) is 18.0. The highest BCUT2D eigenvalue weighted by Gasteiger charge is 2.31. The summed E-state index contributed by atoms with van der Waals surface area (Å²) in [5, 5.41) is 1.59. The van der Waals surface area contributed by atoms with Gasteiger partial charge in [0.25, 0.3) is 5.91 Å². The Balaban J connectivity index is 1.79. The SMILES string of the molecule is O=C(c1ccc(F)c(F)c1)n1c(-c2cccc3ccccc23)nc2ccc(OC(F)(F)F)cc21. The second-order valence-electron chi connectivity index (χ2n) is 7.43. The van der Waals surface area contributed by atoms with E-state index >= 15 is 0 Å². The molecule has 1 heterocycles. The summed E-state index contributed by atoms with van der Waals surface area (Å²) in [6.07, 6.45) is -4.94. The van der Waals surface area contributed by atoms with E-state index in [0.29, 0.717) is 5.56 Å². The van der Waals surface area contributed by atoms with E-state index in [4.69, 9.17) is 0 Å². The van der Waals surface area contributed by atoms with Gasteiger partial charge in [0, 0.05) is 17.2 Å². The van der Waals surface area contributed by atoms with E-state index in [9.17, 15) is 26.7 Å². The number of benzene rings is 4. The maximum absolute atomic E-state index is 13.9. The smallest absolute Gasteiger partial charge is 0.406 e. The van der Waals surface area contributed by atoms with Gasteiger partial charge in [-0.2, -0.15) is 0 Å². The zero-order chi connectivity index (χ0) is 24.0. The molecule has 0 saturated heterocycles. The van der Waals surface area contributed by atoms with Gasteiger partial charge in [0.05, 0.1) is 11.0 Å². The van der Waals surface area contributed by atoms with E-state index in [2.05, 4.69) is 9.72 Å². The van der Waals surface area contributed by atoms with Crippen molar-refractivity contribution >= 4 is 27.7 Å². The maximum atomic E-state index is 13.9. The average Bonchev–Trinajstić information content (AvgIpc) is 3.17. The topological polar surface area (TPSA) is 44.1 Å². The molecule has 0 unspecified atom stereocenters. The number of hydrogen-bond donors (Lipinski definition) is 0. The normalized spacial score (nSPS) is 11.8. The van der Waals surface area contributed by atoms with Gasteiger partial charge >= 0.3 is 6.36 Å². The van der Waals surface area contributed by atoms with Crippen LogP contribution in [0.4, 0.5) is 22.0 Å². The molecular weight excluding hydrogens is 455 g/mol. The molecule has 9 heteroatoms. The highest BCUT2D eigenvalue weighted by molar-refractivity contribution is 6.06. The molecule has 0 radical (unpaired) electrons. The molecule has 5 aromatic rings. The van der Waals surface area contributed by atoms with Gasteiger partial charge in [0.15, 0.2) is 11.6 Å². The number of carbonyl (C=O) groups is 1. The van der Waals surface area contributed by atoms with Crippen LogP contribution in [0.1, 0.15) is 10.4 Å². The molecule has 0 fully saturated rings. The third-order valence-electron chi connectivity index (χ3n) is 5.26. The summed E-state index contributed by atoms with van der Waals surface area (Å²) >= 11 is 0. The van der Waals surface area contributed by atoms with Gasteiger partial charge < -0.3 is 4.74 Å². The molecule has 4 aromatic carbocycles. The minimum Gasteiger partial charge on any atom is -0.406 e. The Kier molecular flexibility index (Phi) is 5.04. The van der Waals surface area contributed by atoms with Gasteiger partial charge in [-0.1, -0.05) is 42.5 Å². The fourth-order valence-electron chi connectivity index (χ4n) is 3.82. The molecule has 0 bridgehead atoms. The van der Waals surface area contributed by atoms with Gasteiger partial charge in [-0.05, 0) is 41.1 Å². The summed E-state index contributed by atoms with van der Waals surface area (Å²) < 4.78 is 70.8. The molecule has 0 aliphatic heterocycles. The Morgan fingerprint density at radius 2 is 1.62 bits per heavy atom. The van der Waals surface area contributed by atoms with Crippen LogP contribution in [0.25, 0.3) is 33.2 Å². The molecule has 0 amide bonds. The molecule has 34 heavy (non-hydrogen) atoms. The van der Waals surface area contributed by atoms with Crippen molar-refractivity contribution in [1.82, 2.24) is 9.55 Å². The quantitative estimate of drug-likeness (QED) is 0.276. The molecule has 0 atom stereocenters. The lowest BCUT2D eigenvalue weighted by molar-refractivity contribution is -0.274. The molecule has 0 saturated carbocycles. The van der Waals surface area contributed by atoms with Crippen LogP contribution in [0.2, 0.25) is 0 Å². The molecule has 170 valence electrons. The van der Waals surface area contributed by atoms with Crippen LogP contribution in [0.5, 0.6) is 5.75 Å². The number of imidazole rings is 1. The second kappa shape index (κ2) is 7.95. The fraction of sp³-hybridized carbons (Fsp3) is 0.0400. The number of nitrogens with zero attached hydrogens (tertiary/aromatic N) is 2. The lowest BCUT2D eigenvalue weighted by Gasteiger charge is -2.12. The van der Waals surface area contributed by atoms with Crippen molar-refractivity contribution in [1.29, 1.82) is 0 Å². The first-order valence-electron chi connectivity index (χ1n) is 9.97. The highest BCUT2D eigenvalue weighted by atomic mass is 19.4. The van der Waals surface area contributed by atoms with Gasteiger partial charge in [-0.25, -0.2) is 13.8 Å². The molecule has 5 rings (SSSR count). The number of halogens is 5. The predicted molar refractivity (Wildman–Crippen MR) is 115 cm³/mol. The monoisotopic (exact) mass is 468 g/mol. The lowest BCUT2D eigenvalue weighted by atomic mass is 10.0. The van der Waals surface area contributed by atoms with Crippen molar-refractivity contribution in [3.63, 3.8) is 0 Å². The largest absolute Gasteiger partial charge is 0.573 e. The van der Waals surface area contributed by atoms with Crippen LogP contribution < -0.4 is 4.74 Å². The summed E-state index contributed by atoms with van der Waals surface area (Å²) in [5.74, 6) is -3.59. The number of hydrogen-bond acceptors (Lipinski definition) is 3. The van der Waals surface area contributed by atoms with Crippen LogP contribution in [0, 0.1) is 11.6 Å². The number of rotatable bonds is 3. The van der Waals surface area contributed by atoms with Crippen LogP contribution in [0.15, 0.2) is 78.9 Å². The van der Waals surface area contributed by atoms with Crippen molar-refractivity contribution in [2.75, 3.05) is 0 Å². The van der Waals surface area contributed by atoms with E-state index in [1.165, 1.54) is 6.07 Å². The molecule has 0 N–H and O–H groups in total. The Labute approximate surface area is 188 Å². The number of alkyl halides is 3. The molecular formula is C25H13F5N2O2. The number of fused-ring (bicyclic) bond motifs is 2. The number of ether oxygens (including phenoxy) is 1. The highest BCUT2D eigenvalue weighted by Crippen LogP contribution is 2.34. The van der Waals surface area contributed by atoms with E-state index in [1.54, 1.807) is 18.2 Å². The minimum atomic E-state index is -4.94. The molecule has 0 aliphatic carbocycles. The molecule has 1 aromatic heterocycles. The Morgan fingerprint density at radius 3 is 2.38 bits per heavy atom. The van der Waals surface area contributed by atoms with Gasteiger partial charge in [-0.3, -0.25) is 9.36 Å². The summed E-state index contributed by atoms with van der Waals surface area (Å²) in [6, 6.07) is 18.7. The standard InChI is InChI=1S/C25H13F5N2O2/c26-19-10-8-15(12-20(19)27)24(33)32-22-13-16(34-25(28,29)30)9-11-21(22)31-23(32)18-7-3-5-14-4-1-2-6-17(14)18/h1-13H. The molecule has 0 aliphatic rings. The summed E-state index contributed by atoms with van der Waals surface area (Å²) in [5.41, 5.74) is 0.554. The lowest BCUT2D eigenvalue weighted by Crippen LogP contribution is -2.17. The Morgan fingerprint density at radius 1 is 0.853 bits per heavy atom. The van der Waals surface area contributed by atoms with E-state index < -0.39 is 29.7 Å². The Hall–Kier alpha value is -4.27. The van der Waals surface area contributed by atoms with Crippen LogP contribution in [0.3, 0.4) is 0 Å². The van der Waals surface area contributed by atoms with E-state index in [1.807, 2.05) is 24.3 Å². The third-order valence-corrected chi connectivity index (χ3v) is 5.26. The van der Waals surface area contributed by atoms with E-state index in [0.717, 1.165) is 45.7 Å². The van der Waals surface area contributed by atoms with Crippen LogP contribution in [-0.4, -0.2) is 21.8 Å². The van der Waals surface area contributed by atoms with Crippen molar-refractivity contribution in [3.05, 3.63) is 96.1 Å². The van der Waals surface area contributed by atoms with Gasteiger partial charge in [-0.15, -0.1) is 13.2 Å². The first-order valence-corrected chi connectivity index (χ1v) is 9.97. The predicted octanol–water partition coefficient (Wildman–Crippen LogP) is 6.72. The van der Waals surface area contributed by atoms with Gasteiger partial charge in [0.2, 0.25) is 0 Å². The average molecular weight is 468 g/mol. The van der Waals surface area contributed by atoms with Crippen LogP contribution >= 0.6 is 0 Å². The molecule has 4 nitrogen and oxygen atoms in total. The van der Waals surface area contributed by atoms with Crippen molar-refractivity contribution in [2.45, 2.75) is 6.36 Å². The summed E-state index contributed by atoms with van der Waals surface area (Å²) in [6.45, 7) is 0. The summed E-state index contributed by atoms with van der Waals surface area (Å²) in [7, 11) is 0. The number of carbonyl (C=O) groups excluding carboxylic acids is 1. The van der Waals surface area contributed by atoms with Crippen molar-refractivity contribution < 1.29 is 31.5 Å². The van der Waals surface area contributed by atoms with Crippen LogP contribution in [-0.2, 0) is 0 Å².